The monoisotopic (exact) mass is 345 g/mol. The van der Waals surface area contributed by atoms with E-state index in [0.717, 1.165) is 0 Å². The molecule has 122 valence electrons. The van der Waals surface area contributed by atoms with E-state index in [4.69, 9.17) is 21.4 Å². The van der Waals surface area contributed by atoms with Crippen LogP contribution in [0.3, 0.4) is 0 Å². The van der Waals surface area contributed by atoms with Crippen LogP contribution in [0.15, 0.2) is 40.4 Å². The molecule has 1 aliphatic heterocycles. The minimum atomic E-state index is -0.526. The molecule has 9 heteroatoms. The average molecular weight is 345 g/mol. The molecule has 8 nitrogen and oxygen atoms in total. The summed E-state index contributed by atoms with van der Waals surface area (Å²) in [7, 11) is 1.36. The molecule has 1 aliphatic rings. The van der Waals surface area contributed by atoms with E-state index in [9.17, 15) is 14.9 Å². The normalized spacial score (nSPS) is 15.3. The molecular formula is C15H11N3O5S. The zero-order valence-corrected chi connectivity index (χ0v) is 13.2. The Morgan fingerprint density at radius 1 is 1.29 bits per heavy atom. The maximum absolute atomic E-state index is 11.6. The molecule has 0 spiro atoms. The molecule has 0 unspecified atom stereocenters. The molecule has 2 N–H and O–H groups in total. The van der Waals surface area contributed by atoms with E-state index >= 15 is 0 Å². The van der Waals surface area contributed by atoms with Crippen molar-refractivity contribution in [2.45, 2.75) is 0 Å². The summed E-state index contributed by atoms with van der Waals surface area (Å²) in [5, 5.41) is 16.5. The van der Waals surface area contributed by atoms with Crippen LogP contribution in [0.5, 0.6) is 5.75 Å². The fourth-order valence-corrected chi connectivity index (χ4v) is 2.40. The van der Waals surface area contributed by atoms with E-state index in [1.54, 1.807) is 18.2 Å². The number of nitrogens with one attached hydrogen (secondary N) is 2. The van der Waals surface area contributed by atoms with Crippen LogP contribution in [0.25, 0.3) is 17.4 Å². The average Bonchev–Trinajstić information content (AvgIpc) is 3.13. The van der Waals surface area contributed by atoms with Crippen molar-refractivity contribution in [1.29, 1.82) is 0 Å². The standard InChI is InChI=1S/C15H11N3O5S/c1-22-13-4-2-8(6-11(13)18(20)21)12-5-3-9(23-12)7-10-14(19)17-15(24)16-10/h2-7H,1H3,(H2,16,17,19,24). The number of benzene rings is 1. The van der Waals surface area contributed by atoms with Gasteiger partial charge in [-0.1, -0.05) is 0 Å². The van der Waals surface area contributed by atoms with E-state index in [0.29, 0.717) is 17.1 Å². The molecule has 0 bridgehead atoms. The van der Waals surface area contributed by atoms with Gasteiger partial charge in [0.15, 0.2) is 10.9 Å². The second-order valence-electron chi connectivity index (χ2n) is 4.81. The van der Waals surface area contributed by atoms with Gasteiger partial charge in [-0.3, -0.25) is 20.2 Å². The van der Waals surface area contributed by atoms with Crippen molar-refractivity contribution >= 4 is 35.0 Å². The highest BCUT2D eigenvalue weighted by molar-refractivity contribution is 7.80. The van der Waals surface area contributed by atoms with Gasteiger partial charge in [-0.25, -0.2) is 0 Å². The number of nitro benzene ring substituents is 1. The van der Waals surface area contributed by atoms with Gasteiger partial charge < -0.3 is 14.5 Å². The number of thiocarbonyl (C=S) groups is 1. The summed E-state index contributed by atoms with van der Waals surface area (Å²) in [6.07, 6.45) is 1.50. The molecule has 1 fully saturated rings. The van der Waals surface area contributed by atoms with Gasteiger partial charge in [-0.15, -0.1) is 0 Å². The molecule has 1 saturated heterocycles. The Balaban J connectivity index is 1.92. The number of hydrogen-bond acceptors (Lipinski definition) is 6. The minimum absolute atomic E-state index is 0.159. The summed E-state index contributed by atoms with van der Waals surface area (Å²) >= 11 is 4.84. The molecule has 2 aromatic rings. The Hall–Kier alpha value is -3.20. The van der Waals surface area contributed by atoms with Gasteiger partial charge in [0.25, 0.3) is 5.91 Å². The number of carbonyl (C=O) groups is 1. The zero-order valence-electron chi connectivity index (χ0n) is 12.4. The van der Waals surface area contributed by atoms with Gasteiger partial charge in [0.2, 0.25) is 0 Å². The first-order chi connectivity index (χ1) is 11.5. The first kappa shape index (κ1) is 15.7. The Bertz CT molecular complexity index is 887. The van der Waals surface area contributed by atoms with Crippen LogP contribution in [0.1, 0.15) is 5.76 Å². The molecule has 1 aromatic carbocycles. The van der Waals surface area contributed by atoms with E-state index in [-0.39, 0.29) is 28.2 Å². The van der Waals surface area contributed by atoms with Crippen LogP contribution < -0.4 is 15.4 Å². The lowest BCUT2D eigenvalue weighted by Crippen LogP contribution is -2.21. The maximum atomic E-state index is 11.6. The lowest BCUT2D eigenvalue weighted by molar-refractivity contribution is -0.385. The number of hydrogen-bond donors (Lipinski definition) is 2. The third kappa shape index (κ3) is 2.97. The summed E-state index contributed by atoms with van der Waals surface area (Å²) in [6, 6.07) is 7.82. The topological polar surface area (TPSA) is 107 Å². The zero-order chi connectivity index (χ0) is 17.3. The van der Waals surface area contributed by atoms with Gasteiger partial charge in [-0.2, -0.15) is 0 Å². The van der Waals surface area contributed by atoms with E-state index < -0.39 is 4.92 Å². The number of furan rings is 1. The molecule has 24 heavy (non-hydrogen) atoms. The summed E-state index contributed by atoms with van der Waals surface area (Å²) in [4.78, 5) is 22.2. The molecule has 0 aliphatic carbocycles. The highest BCUT2D eigenvalue weighted by Gasteiger charge is 2.21. The molecule has 2 heterocycles. The summed E-state index contributed by atoms with van der Waals surface area (Å²) < 4.78 is 10.6. The van der Waals surface area contributed by atoms with E-state index in [1.807, 2.05) is 0 Å². The Kier molecular flexibility index (Phi) is 4.00. The fraction of sp³-hybridized carbons (Fsp3) is 0.0667. The highest BCUT2D eigenvalue weighted by atomic mass is 32.1. The highest BCUT2D eigenvalue weighted by Crippen LogP contribution is 2.33. The Morgan fingerprint density at radius 2 is 2.08 bits per heavy atom. The molecule has 1 aromatic heterocycles. The number of nitrogens with zero attached hydrogens (tertiary/aromatic N) is 1. The molecule has 0 atom stereocenters. The SMILES string of the molecule is COc1ccc(-c2ccc(C=C3NC(=S)NC3=O)o2)cc1[N+](=O)[O-]. The third-order valence-electron chi connectivity index (χ3n) is 3.29. The predicted octanol–water partition coefficient (Wildman–Crippen LogP) is 2.21. The van der Waals surface area contributed by atoms with Crippen molar-refractivity contribution < 1.29 is 18.9 Å². The van der Waals surface area contributed by atoms with Crippen molar-refractivity contribution in [2.75, 3.05) is 7.11 Å². The smallest absolute Gasteiger partial charge is 0.311 e. The van der Waals surface area contributed by atoms with Crippen LogP contribution >= 0.6 is 12.2 Å². The maximum Gasteiger partial charge on any atom is 0.311 e. The number of nitro groups is 1. The molecule has 3 rings (SSSR count). The summed E-state index contributed by atoms with van der Waals surface area (Å²) in [6.45, 7) is 0. The van der Waals surface area contributed by atoms with Gasteiger partial charge in [0, 0.05) is 17.7 Å². The number of carbonyl (C=O) groups excluding carboxylic acids is 1. The van der Waals surface area contributed by atoms with Crippen LogP contribution in [0.4, 0.5) is 5.69 Å². The lowest BCUT2D eigenvalue weighted by atomic mass is 10.1. The summed E-state index contributed by atoms with van der Waals surface area (Å²) in [5.41, 5.74) is 0.626. The van der Waals surface area contributed by atoms with Crippen LogP contribution in [-0.4, -0.2) is 23.1 Å². The largest absolute Gasteiger partial charge is 0.490 e. The number of rotatable bonds is 4. The lowest BCUT2D eigenvalue weighted by Gasteiger charge is -2.03. The first-order valence-corrected chi connectivity index (χ1v) is 7.15. The van der Waals surface area contributed by atoms with Gasteiger partial charge >= 0.3 is 5.69 Å². The van der Waals surface area contributed by atoms with Gasteiger partial charge in [-0.05, 0) is 36.5 Å². The predicted molar refractivity (Wildman–Crippen MR) is 89.2 cm³/mol. The molecule has 0 saturated carbocycles. The molecule has 1 amide bonds. The molecular weight excluding hydrogens is 334 g/mol. The van der Waals surface area contributed by atoms with E-state index in [1.165, 1.54) is 25.3 Å². The quantitative estimate of drug-likeness (QED) is 0.379. The Morgan fingerprint density at radius 3 is 2.71 bits per heavy atom. The van der Waals surface area contributed by atoms with Crippen molar-refractivity contribution in [3.05, 3.63) is 51.9 Å². The first-order valence-electron chi connectivity index (χ1n) is 6.74. The second-order valence-corrected chi connectivity index (χ2v) is 5.22. The number of amides is 1. The number of ether oxygens (including phenoxy) is 1. The molecule has 0 radical (unpaired) electrons. The van der Waals surface area contributed by atoms with Crippen LogP contribution in [-0.2, 0) is 4.79 Å². The third-order valence-corrected chi connectivity index (χ3v) is 3.50. The van der Waals surface area contributed by atoms with Crippen molar-refractivity contribution in [3.8, 4) is 17.1 Å². The number of methoxy groups -OCH3 is 1. The van der Waals surface area contributed by atoms with E-state index in [2.05, 4.69) is 10.6 Å². The summed E-state index contributed by atoms with van der Waals surface area (Å²) in [5.74, 6) is 0.649. The van der Waals surface area contributed by atoms with Crippen molar-refractivity contribution in [1.82, 2.24) is 10.6 Å². The second kappa shape index (κ2) is 6.13. The van der Waals surface area contributed by atoms with Crippen molar-refractivity contribution in [2.24, 2.45) is 0 Å². The van der Waals surface area contributed by atoms with Crippen LogP contribution in [0.2, 0.25) is 0 Å². The van der Waals surface area contributed by atoms with Crippen LogP contribution in [0, 0.1) is 10.1 Å². The van der Waals surface area contributed by atoms with Gasteiger partial charge in [0.1, 0.15) is 17.2 Å². The van der Waals surface area contributed by atoms with Gasteiger partial charge in [0.05, 0.1) is 12.0 Å². The Labute approximate surface area is 141 Å². The fourth-order valence-electron chi connectivity index (χ4n) is 2.20. The minimum Gasteiger partial charge on any atom is -0.490 e. The van der Waals surface area contributed by atoms with Crippen molar-refractivity contribution in [3.63, 3.8) is 0 Å².